The second-order valence-corrected chi connectivity index (χ2v) is 18.8. The summed E-state index contributed by atoms with van der Waals surface area (Å²) in [7, 11) is 0. The Balaban J connectivity index is 2.07. The van der Waals surface area contributed by atoms with Gasteiger partial charge in [0.15, 0.2) is 0 Å². The lowest BCUT2D eigenvalue weighted by Crippen LogP contribution is -2.55. The predicted molar refractivity (Wildman–Crippen MR) is 275 cm³/mol. The van der Waals surface area contributed by atoms with Crippen molar-refractivity contribution in [2.24, 2.45) is 11.8 Å². The zero-order chi connectivity index (χ0) is 58.2. The van der Waals surface area contributed by atoms with Crippen molar-refractivity contribution in [2.75, 3.05) is 72.1 Å². The molecule has 29 nitrogen and oxygen atoms in total. The molecule has 1 aromatic rings. The SMILES string of the molecule is CC(C)C[C@H](NC(=O)CNC(=O)CCNC(=O)CNC(=O)CN1CC(=O)N[C@@H](CO)C(=O)NCCC(=O)NCCNC(=O)CCNC(=O)[C@H](Cc2ccccc2)NC(=O)CCC1=O)C(=O)N[C@@H](CC(C)C)C(=O)NCC(=O)O. The van der Waals surface area contributed by atoms with Crippen LogP contribution in [0.1, 0.15) is 78.2 Å². The van der Waals surface area contributed by atoms with E-state index in [4.69, 9.17) is 5.11 Å². The number of carbonyl (C=O) groups excluding carboxylic acids is 13. The summed E-state index contributed by atoms with van der Waals surface area (Å²) < 4.78 is 0. The predicted octanol–water partition coefficient (Wildman–Crippen LogP) is -5.94. The maximum atomic E-state index is 13.6. The Morgan fingerprint density at radius 1 is 0.577 bits per heavy atom. The van der Waals surface area contributed by atoms with Crippen molar-refractivity contribution in [3.05, 3.63) is 35.9 Å². The maximum Gasteiger partial charge on any atom is 0.322 e. The van der Waals surface area contributed by atoms with Gasteiger partial charge in [0.2, 0.25) is 76.8 Å². The highest BCUT2D eigenvalue weighted by molar-refractivity contribution is 5.96. The van der Waals surface area contributed by atoms with E-state index in [1.54, 1.807) is 58.0 Å². The van der Waals surface area contributed by atoms with Gasteiger partial charge in [-0.15, -0.1) is 0 Å². The Morgan fingerprint density at radius 3 is 1.71 bits per heavy atom. The lowest BCUT2D eigenvalue weighted by atomic mass is 10.00. The third-order valence-corrected chi connectivity index (χ3v) is 11.1. The first-order chi connectivity index (χ1) is 36.9. The summed E-state index contributed by atoms with van der Waals surface area (Å²) in [5.41, 5.74) is 0.671. The van der Waals surface area contributed by atoms with E-state index in [0.29, 0.717) is 5.56 Å². The summed E-state index contributed by atoms with van der Waals surface area (Å²) in [6, 6.07) is 3.71. The molecule has 1 aliphatic rings. The number of amides is 13. The smallest absolute Gasteiger partial charge is 0.322 e. The molecule has 2 rings (SSSR count). The molecule has 1 aromatic carbocycles. The van der Waals surface area contributed by atoms with E-state index in [1.165, 1.54) is 0 Å². The van der Waals surface area contributed by atoms with Crippen LogP contribution < -0.4 is 63.8 Å². The summed E-state index contributed by atoms with van der Waals surface area (Å²) >= 11 is 0. The average molecular weight is 1100 g/mol. The van der Waals surface area contributed by atoms with Gasteiger partial charge in [0.25, 0.3) is 0 Å². The first kappa shape index (κ1) is 65.9. The molecule has 1 fully saturated rings. The van der Waals surface area contributed by atoms with E-state index < -0.39 is 159 Å². The minimum Gasteiger partial charge on any atom is -0.480 e. The van der Waals surface area contributed by atoms with Crippen molar-refractivity contribution in [3.8, 4) is 0 Å². The molecule has 13 amide bonds. The number of aliphatic hydroxyl groups excluding tert-OH is 1. The van der Waals surface area contributed by atoms with Crippen molar-refractivity contribution in [1.29, 1.82) is 0 Å². The first-order valence-electron chi connectivity index (χ1n) is 25.5. The van der Waals surface area contributed by atoms with E-state index in [9.17, 15) is 72.2 Å². The molecule has 1 aliphatic heterocycles. The second-order valence-electron chi connectivity index (χ2n) is 18.8. The molecule has 0 spiro atoms. The van der Waals surface area contributed by atoms with Crippen molar-refractivity contribution in [1.82, 2.24) is 68.7 Å². The van der Waals surface area contributed by atoms with Gasteiger partial charge in [0, 0.05) is 71.2 Å². The summed E-state index contributed by atoms with van der Waals surface area (Å²) in [6.07, 6.45) is -1.47. The van der Waals surface area contributed by atoms with Crippen LogP contribution in [-0.4, -0.2) is 194 Å². The third kappa shape index (κ3) is 28.6. The number of carbonyl (C=O) groups is 14. The molecule has 14 N–H and O–H groups in total. The van der Waals surface area contributed by atoms with Crippen LogP contribution in [0.4, 0.5) is 0 Å². The Hall–Kier alpha value is -8.24. The van der Waals surface area contributed by atoms with E-state index in [1.807, 2.05) is 0 Å². The highest BCUT2D eigenvalue weighted by Crippen LogP contribution is 2.10. The fraction of sp³-hybridized carbons (Fsp3) is 0.592. The van der Waals surface area contributed by atoms with Gasteiger partial charge in [0.1, 0.15) is 43.8 Å². The van der Waals surface area contributed by atoms with E-state index >= 15 is 0 Å². The third-order valence-electron chi connectivity index (χ3n) is 11.1. The average Bonchev–Trinajstić information content (AvgIpc) is 3.37. The lowest BCUT2D eigenvalue weighted by Gasteiger charge is -2.25. The first-order valence-corrected chi connectivity index (χ1v) is 25.5. The van der Waals surface area contributed by atoms with Gasteiger partial charge in [0.05, 0.1) is 19.7 Å². The van der Waals surface area contributed by atoms with Crippen LogP contribution in [0.5, 0.6) is 0 Å². The van der Waals surface area contributed by atoms with E-state index in [0.717, 1.165) is 4.90 Å². The quantitative estimate of drug-likeness (QED) is 0.0514. The van der Waals surface area contributed by atoms with Gasteiger partial charge in [-0.1, -0.05) is 58.0 Å². The monoisotopic (exact) mass is 1100 g/mol. The van der Waals surface area contributed by atoms with Crippen molar-refractivity contribution < 1.29 is 77.3 Å². The molecule has 1 heterocycles. The Labute approximate surface area is 450 Å². The number of hydrogen-bond donors (Lipinski definition) is 14. The molecular formula is C49H75N13O16. The second kappa shape index (κ2) is 35.9. The van der Waals surface area contributed by atoms with Crippen molar-refractivity contribution >= 4 is 82.8 Å². The number of carboxylic acids is 1. The molecular weight excluding hydrogens is 1030 g/mol. The molecule has 0 aromatic heterocycles. The molecule has 432 valence electrons. The van der Waals surface area contributed by atoms with Crippen LogP contribution >= 0.6 is 0 Å². The van der Waals surface area contributed by atoms with Gasteiger partial charge < -0.3 is 78.9 Å². The number of nitrogens with zero attached hydrogens (tertiary/aromatic N) is 1. The number of carboxylic acid groups (broad SMARTS) is 1. The zero-order valence-corrected chi connectivity index (χ0v) is 44.3. The number of aliphatic hydroxyl groups is 1. The highest BCUT2D eigenvalue weighted by atomic mass is 16.4. The molecule has 0 saturated carbocycles. The Kier molecular flexibility index (Phi) is 30.3. The molecule has 4 atom stereocenters. The number of benzene rings is 1. The van der Waals surface area contributed by atoms with Crippen LogP contribution in [-0.2, 0) is 73.5 Å². The molecule has 78 heavy (non-hydrogen) atoms. The van der Waals surface area contributed by atoms with Crippen LogP contribution in [0.25, 0.3) is 0 Å². The minimum atomic E-state index is -1.57. The molecule has 29 heteroatoms. The normalized spacial score (nSPS) is 17.6. The number of nitrogens with one attached hydrogen (secondary N) is 12. The Morgan fingerprint density at radius 2 is 1.13 bits per heavy atom. The van der Waals surface area contributed by atoms with Crippen LogP contribution in [0.2, 0.25) is 0 Å². The van der Waals surface area contributed by atoms with Crippen LogP contribution in [0.3, 0.4) is 0 Å². The van der Waals surface area contributed by atoms with Crippen LogP contribution in [0.15, 0.2) is 30.3 Å². The topological polar surface area (TPSA) is 427 Å². The van der Waals surface area contributed by atoms with Crippen molar-refractivity contribution in [2.45, 2.75) is 103 Å². The molecule has 0 bridgehead atoms. The van der Waals surface area contributed by atoms with Gasteiger partial charge in [-0.05, 0) is 30.2 Å². The molecule has 0 unspecified atom stereocenters. The largest absolute Gasteiger partial charge is 0.480 e. The van der Waals surface area contributed by atoms with Gasteiger partial charge >= 0.3 is 5.97 Å². The fourth-order valence-electron chi connectivity index (χ4n) is 7.23. The highest BCUT2D eigenvalue weighted by Gasteiger charge is 2.30. The summed E-state index contributed by atoms with van der Waals surface area (Å²) in [4.78, 5) is 180. The van der Waals surface area contributed by atoms with E-state index in [-0.39, 0.29) is 83.1 Å². The fourth-order valence-corrected chi connectivity index (χ4v) is 7.23. The van der Waals surface area contributed by atoms with Gasteiger partial charge in [-0.2, -0.15) is 0 Å². The standard InChI is InChI=1S/C49H75N13O16/c1-29(2)20-32(47(76)57-25-45(73)74)61-49(78)33(21-30(3)4)59-41(69)24-55-38(66)12-15-50-40(68)23-56-42(70)26-62-27-43(71)60-35(28-63)48(77)54-17-14-37(65)52-19-18-51-36(64)13-16-53-46(75)34(22-31-8-6-5-7-9-31)58-39(67)10-11-44(62)72/h5-9,29-30,32-35,63H,10-28H2,1-4H3,(H,50,68)(H,51,64)(H,52,65)(H,53,75)(H,54,77)(H,55,66)(H,56,70)(H,57,76)(H,58,67)(H,59,69)(H,60,71)(H,61,78)(H,73,74)/t32-,33-,34-,35-/m0/s1. The Bertz CT molecular complexity index is 2270. The number of aliphatic carboxylic acids is 1. The summed E-state index contributed by atoms with van der Waals surface area (Å²) in [5, 5.41) is 48.1. The van der Waals surface area contributed by atoms with Gasteiger partial charge in [-0.3, -0.25) is 67.1 Å². The molecule has 1 saturated heterocycles. The van der Waals surface area contributed by atoms with E-state index in [2.05, 4.69) is 63.8 Å². The minimum absolute atomic E-state index is 0.0255. The van der Waals surface area contributed by atoms with Gasteiger partial charge in [-0.25, -0.2) is 0 Å². The number of hydrogen-bond acceptors (Lipinski definition) is 15. The van der Waals surface area contributed by atoms with Crippen molar-refractivity contribution in [3.63, 3.8) is 0 Å². The number of rotatable bonds is 22. The van der Waals surface area contributed by atoms with Crippen LogP contribution in [0, 0.1) is 11.8 Å². The summed E-state index contributed by atoms with van der Waals surface area (Å²) in [6.45, 7) is 2.11. The summed E-state index contributed by atoms with van der Waals surface area (Å²) in [5.74, 6) is -11.2. The zero-order valence-electron chi connectivity index (χ0n) is 44.3. The molecule has 0 radical (unpaired) electrons. The lowest BCUT2D eigenvalue weighted by molar-refractivity contribution is -0.141. The molecule has 0 aliphatic carbocycles. The maximum absolute atomic E-state index is 13.6.